The second kappa shape index (κ2) is 7.29. The topological polar surface area (TPSA) is 93.4 Å². The van der Waals surface area contributed by atoms with Crippen molar-refractivity contribution in [1.82, 2.24) is 19.5 Å². The van der Waals surface area contributed by atoms with Crippen molar-refractivity contribution in [3.63, 3.8) is 0 Å². The highest BCUT2D eigenvalue weighted by Crippen LogP contribution is 2.31. The molecule has 6 nitrogen and oxygen atoms in total. The normalized spacial score (nSPS) is 10.6. The number of halogens is 1. The number of benzene rings is 2. The first-order valence-electron chi connectivity index (χ1n) is 8.53. The molecule has 0 saturated heterocycles. The molecular formula is C21H15FN6. The average Bonchev–Trinajstić information content (AvgIpc) is 3.12. The van der Waals surface area contributed by atoms with Crippen molar-refractivity contribution in [1.29, 1.82) is 5.26 Å². The number of aromatic nitrogens is 4. The van der Waals surface area contributed by atoms with Crippen molar-refractivity contribution in [2.24, 2.45) is 0 Å². The number of imidazole rings is 1. The lowest BCUT2D eigenvalue weighted by Crippen LogP contribution is -2.02. The Morgan fingerprint density at radius 3 is 2.64 bits per heavy atom. The van der Waals surface area contributed by atoms with Crippen LogP contribution in [0.2, 0.25) is 0 Å². The third-order valence-corrected chi connectivity index (χ3v) is 4.28. The van der Waals surface area contributed by atoms with E-state index in [4.69, 9.17) is 11.0 Å². The van der Waals surface area contributed by atoms with E-state index in [-0.39, 0.29) is 11.8 Å². The van der Waals surface area contributed by atoms with Crippen LogP contribution in [0.15, 0.2) is 67.1 Å². The van der Waals surface area contributed by atoms with Gasteiger partial charge in [0.05, 0.1) is 29.3 Å². The number of hydrogen-bond acceptors (Lipinski definition) is 5. The molecule has 0 saturated carbocycles. The highest BCUT2D eigenvalue weighted by Gasteiger charge is 2.17. The highest BCUT2D eigenvalue weighted by molar-refractivity contribution is 5.77. The molecule has 0 spiro atoms. The molecule has 0 atom stereocenters. The molecule has 0 amide bonds. The summed E-state index contributed by atoms with van der Waals surface area (Å²) in [6.45, 7) is 0.496. The number of rotatable bonds is 4. The second-order valence-corrected chi connectivity index (χ2v) is 6.19. The summed E-state index contributed by atoms with van der Waals surface area (Å²) < 4.78 is 15.4. The summed E-state index contributed by atoms with van der Waals surface area (Å²) in [6, 6.07) is 17.4. The predicted molar refractivity (Wildman–Crippen MR) is 103 cm³/mol. The minimum Gasteiger partial charge on any atom is -0.368 e. The van der Waals surface area contributed by atoms with E-state index < -0.39 is 0 Å². The Balaban J connectivity index is 1.84. The zero-order valence-corrected chi connectivity index (χ0v) is 14.7. The Hall–Kier alpha value is -4.05. The molecule has 4 rings (SSSR count). The molecule has 4 aromatic rings. The van der Waals surface area contributed by atoms with Gasteiger partial charge in [-0.25, -0.2) is 19.3 Å². The number of anilines is 1. The van der Waals surface area contributed by atoms with E-state index in [9.17, 15) is 4.39 Å². The first kappa shape index (κ1) is 17.4. The van der Waals surface area contributed by atoms with Crippen molar-refractivity contribution in [2.45, 2.75) is 6.54 Å². The van der Waals surface area contributed by atoms with Gasteiger partial charge in [0, 0.05) is 18.3 Å². The molecule has 7 heteroatoms. The summed E-state index contributed by atoms with van der Waals surface area (Å²) in [6.07, 6.45) is 3.27. The third-order valence-electron chi connectivity index (χ3n) is 4.28. The van der Waals surface area contributed by atoms with Crippen LogP contribution < -0.4 is 5.73 Å². The van der Waals surface area contributed by atoms with E-state index in [0.29, 0.717) is 23.5 Å². The van der Waals surface area contributed by atoms with Crippen LogP contribution in [0.3, 0.4) is 0 Å². The fourth-order valence-corrected chi connectivity index (χ4v) is 3.04. The maximum Gasteiger partial charge on any atom is 0.220 e. The van der Waals surface area contributed by atoms with Crippen molar-refractivity contribution in [3.8, 4) is 28.7 Å². The quantitative estimate of drug-likeness (QED) is 0.592. The van der Waals surface area contributed by atoms with Crippen LogP contribution >= 0.6 is 0 Å². The van der Waals surface area contributed by atoms with Gasteiger partial charge in [-0.15, -0.1) is 0 Å². The van der Waals surface area contributed by atoms with E-state index in [1.807, 2.05) is 22.8 Å². The monoisotopic (exact) mass is 370 g/mol. The lowest BCUT2D eigenvalue weighted by molar-refractivity contribution is 0.628. The smallest absolute Gasteiger partial charge is 0.220 e. The molecule has 136 valence electrons. The van der Waals surface area contributed by atoms with Gasteiger partial charge in [0.2, 0.25) is 5.95 Å². The van der Waals surface area contributed by atoms with Crippen molar-refractivity contribution in [2.75, 3.05) is 5.73 Å². The Morgan fingerprint density at radius 1 is 1.07 bits per heavy atom. The van der Waals surface area contributed by atoms with Crippen LogP contribution in [0.4, 0.5) is 10.3 Å². The molecule has 0 unspecified atom stereocenters. The largest absolute Gasteiger partial charge is 0.368 e. The number of nitrogens with zero attached hydrogens (tertiary/aromatic N) is 5. The lowest BCUT2D eigenvalue weighted by Gasteiger charge is -2.11. The lowest BCUT2D eigenvalue weighted by atomic mass is 10.1. The van der Waals surface area contributed by atoms with Crippen molar-refractivity contribution < 1.29 is 4.39 Å². The summed E-state index contributed by atoms with van der Waals surface area (Å²) >= 11 is 0. The summed E-state index contributed by atoms with van der Waals surface area (Å²) in [5.74, 6) is -0.164. The fourth-order valence-electron chi connectivity index (χ4n) is 3.04. The van der Waals surface area contributed by atoms with E-state index in [1.54, 1.807) is 36.8 Å². The van der Waals surface area contributed by atoms with Gasteiger partial charge in [-0.05, 0) is 48.0 Å². The number of nitriles is 1. The first-order chi connectivity index (χ1) is 13.6. The van der Waals surface area contributed by atoms with Crippen LogP contribution in [0.25, 0.3) is 22.6 Å². The minimum atomic E-state index is -0.315. The summed E-state index contributed by atoms with van der Waals surface area (Å²) in [5.41, 5.74) is 10.0. The molecule has 0 fully saturated rings. The van der Waals surface area contributed by atoms with Gasteiger partial charge in [0.25, 0.3) is 0 Å². The Kier molecular flexibility index (Phi) is 4.52. The van der Waals surface area contributed by atoms with Crippen molar-refractivity contribution in [3.05, 3.63) is 84.1 Å². The predicted octanol–water partition coefficient (Wildman–Crippen LogP) is 3.65. The van der Waals surface area contributed by atoms with Crippen LogP contribution in [0.5, 0.6) is 0 Å². The molecule has 2 aromatic heterocycles. The van der Waals surface area contributed by atoms with Crippen LogP contribution in [0.1, 0.15) is 11.1 Å². The molecule has 2 aromatic carbocycles. The van der Waals surface area contributed by atoms with Crippen LogP contribution in [0, 0.1) is 17.1 Å². The molecule has 0 radical (unpaired) electrons. The number of nitrogens with two attached hydrogens (primary N) is 1. The first-order valence-corrected chi connectivity index (χ1v) is 8.53. The third kappa shape index (κ3) is 3.44. The van der Waals surface area contributed by atoms with E-state index in [2.05, 4.69) is 21.0 Å². The zero-order valence-electron chi connectivity index (χ0n) is 14.7. The molecule has 28 heavy (non-hydrogen) atoms. The Morgan fingerprint density at radius 2 is 1.89 bits per heavy atom. The van der Waals surface area contributed by atoms with Crippen LogP contribution in [-0.2, 0) is 6.54 Å². The zero-order chi connectivity index (χ0) is 19.5. The number of nitrogen functional groups attached to an aromatic ring is 1. The molecule has 0 aliphatic carbocycles. The molecular weight excluding hydrogens is 355 g/mol. The standard InChI is InChI=1S/C21H15FN6/c22-17-6-4-16(5-7-17)20-19(18-8-9-25-21(24)27-18)26-13-28(20)12-15-3-1-2-14(10-15)11-23/h1-10,13H,12H2,(H2,24,25,27). The van der Waals surface area contributed by atoms with Gasteiger partial charge in [-0.2, -0.15) is 5.26 Å². The van der Waals surface area contributed by atoms with Gasteiger partial charge in [0.1, 0.15) is 11.5 Å². The molecule has 2 heterocycles. The van der Waals surface area contributed by atoms with Crippen LogP contribution in [-0.4, -0.2) is 19.5 Å². The minimum absolute atomic E-state index is 0.152. The highest BCUT2D eigenvalue weighted by atomic mass is 19.1. The summed E-state index contributed by atoms with van der Waals surface area (Å²) in [4.78, 5) is 12.7. The maximum atomic E-state index is 13.4. The van der Waals surface area contributed by atoms with Gasteiger partial charge in [-0.1, -0.05) is 12.1 Å². The van der Waals surface area contributed by atoms with Crippen molar-refractivity contribution >= 4 is 5.95 Å². The van der Waals surface area contributed by atoms with E-state index in [0.717, 1.165) is 16.8 Å². The van der Waals surface area contributed by atoms with Gasteiger partial charge in [-0.3, -0.25) is 0 Å². The Labute approximate surface area is 160 Å². The van der Waals surface area contributed by atoms with E-state index >= 15 is 0 Å². The number of hydrogen-bond donors (Lipinski definition) is 1. The molecule has 0 aliphatic heterocycles. The Bertz CT molecular complexity index is 1170. The van der Waals surface area contributed by atoms with Gasteiger partial charge < -0.3 is 10.3 Å². The van der Waals surface area contributed by atoms with Gasteiger partial charge in [0.15, 0.2) is 0 Å². The second-order valence-electron chi connectivity index (χ2n) is 6.19. The molecule has 0 aliphatic rings. The SMILES string of the molecule is N#Cc1cccc(Cn2cnc(-c3ccnc(N)n3)c2-c2ccc(F)cc2)c1. The molecule has 2 N–H and O–H groups in total. The average molecular weight is 370 g/mol. The molecule has 0 bridgehead atoms. The summed E-state index contributed by atoms with van der Waals surface area (Å²) in [7, 11) is 0. The maximum absolute atomic E-state index is 13.4. The fraction of sp³-hybridized carbons (Fsp3) is 0.0476. The summed E-state index contributed by atoms with van der Waals surface area (Å²) in [5, 5.41) is 9.13. The van der Waals surface area contributed by atoms with E-state index in [1.165, 1.54) is 12.1 Å². The van der Waals surface area contributed by atoms with Gasteiger partial charge >= 0.3 is 0 Å².